The van der Waals surface area contributed by atoms with Crippen LogP contribution in [0.2, 0.25) is 0 Å². The van der Waals surface area contributed by atoms with Crippen molar-refractivity contribution in [2.45, 2.75) is 26.3 Å². The summed E-state index contributed by atoms with van der Waals surface area (Å²) in [6.07, 6.45) is 0. The van der Waals surface area contributed by atoms with Gasteiger partial charge in [0, 0.05) is 18.1 Å². The first kappa shape index (κ1) is 24.1. The number of aliphatic carboxylic acids is 1. The average molecular weight is 466 g/mol. The summed E-state index contributed by atoms with van der Waals surface area (Å²) in [6.45, 7) is 2.75. The van der Waals surface area contributed by atoms with Crippen LogP contribution in [0.25, 0.3) is 11.1 Å². The predicted molar refractivity (Wildman–Crippen MR) is 122 cm³/mol. The number of benzene rings is 2. The number of carboxylic acids is 1. The Balaban J connectivity index is 1.92. The fraction of sp³-hybridized carbons (Fsp3) is 0.217. The van der Waals surface area contributed by atoms with Crippen molar-refractivity contribution in [3.05, 3.63) is 85.8 Å². The van der Waals surface area contributed by atoms with E-state index in [0.717, 1.165) is 15.8 Å². The molecular weight excluding hydrogens is 444 g/mol. The molecule has 1 heterocycles. The number of carbonyl (C=O) groups is 2. The van der Waals surface area contributed by atoms with Crippen LogP contribution in [0.1, 0.15) is 41.4 Å². The summed E-state index contributed by atoms with van der Waals surface area (Å²) in [7, 11) is 0. The van der Waals surface area contributed by atoms with Crippen LogP contribution in [0, 0.1) is 10.1 Å². The minimum atomic E-state index is -1.29. The Morgan fingerprint density at radius 1 is 1.09 bits per heavy atom. The molecule has 0 atom stereocenters. The molecule has 11 heteroatoms. The minimum absolute atomic E-state index is 0.00140. The van der Waals surface area contributed by atoms with Crippen LogP contribution in [0.3, 0.4) is 0 Å². The second-order valence-corrected chi connectivity index (χ2v) is 7.80. The molecule has 2 aromatic carbocycles. The molecule has 3 aromatic rings. The van der Waals surface area contributed by atoms with Crippen LogP contribution in [0.15, 0.2) is 53.3 Å². The predicted octanol–water partition coefficient (Wildman–Crippen LogP) is 2.51. The number of nitro benzene ring substituents is 1. The van der Waals surface area contributed by atoms with E-state index >= 15 is 0 Å². The molecule has 0 saturated carbocycles. The molecule has 176 valence electrons. The highest BCUT2D eigenvalue weighted by molar-refractivity contribution is 5.98. The van der Waals surface area contributed by atoms with Gasteiger partial charge in [0.05, 0.1) is 11.5 Å². The number of nitrogens with zero attached hydrogens (tertiary/aromatic N) is 3. The molecule has 1 amide bonds. The van der Waals surface area contributed by atoms with Crippen molar-refractivity contribution in [1.29, 1.82) is 0 Å². The first-order valence-corrected chi connectivity index (χ1v) is 10.3. The van der Waals surface area contributed by atoms with Crippen LogP contribution in [-0.4, -0.2) is 43.3 Å². The molecule has 34 heavy (non-hydrogen) atoms. The summed E-state index contributed by atoms with van der Waals surface area (Å²) in [5, 5.41) is 36.4. The third-order valence-electron chi connectivity index (χ3n) is 5.03. The third-order valence-corrected chi connectivity index (χ3v) is 5.03. The quantitative estimate of drug-likeness (QED) is 0.336. The monoisotopic (exact) mass is 466 g/mol. The summed E-state index contributed by atoms with van der Waals surface area (Å²) in [6, 6.07) is 13.2. The molecule has 0 saturated heterocycles. The molecule has 0 radical (unpaired) electrons. The van der Waals surface area contributed by atoms with Gasteiger partial charge in [-0.15, -0.1) is 0 Å². The van der Waals surface area contributed by atoms with E-state index < -0.39 is 40.2 Å². The lowest BCUT2D eigenvalue weighted by Gasteiger charge is -2.15. The standard InChI is InChI=1S/C23H22N4O7/c1-13(2)20-21(30)19(22(31)24-11-18(28)29)23(32)26(25-20)12-14-3-5-15(6-4-14)16-7-9-17(10-8-16)27(33)34/h3-10,13,30H,11-12H2,1-2H3,(H,24,31)(H,28,29). The Kier molecular flexibility index (Phi) is 7.05. The number of hydrogen-bond acceptors (Lipinski definition) is 7. The Bertz CT molecular complexity index is 1300. The van der Waals surface area contributed by atoms with Crippen LogP contribution < -0.4 is 10.9 Å². The molecule has 0 fully saturated rings. The van der Waals surface area contributed by atoms with Crippen LogP contribution in [0.5, 0.6) is 5.75 Å². The number of nitrogens with one attached hydrogen (secondary N) is 1. The lowest BCUT2D eigenvalue weighted by Crippen LogP contribution is -2.37. The van der Waals surface area contributed by atoms with Gasteiger partial charge in [0.1, 0.15) is 17.8 Å². The van der Waals surface area contributed by atoms with Gasteiger partial charge in [0.15, 0.2) is 5.75 Å². The number of carbonyl (C=O) groups excluding carboxylic acids is 1. The zero-order valence-corrected chi connectivity index (χ0v) is 18.4. The van der Waals surface area contributed by atoms with Gasteiger partial charge in [-0.3, -0.25) is 24.5 Å². The largest absolute Gasteiger partial charge is 0.505 e. The topological polar surface area (TPSA) is 165 Å². The van der Waals surface area contributed by atoms with E-state index in [1.165, 1.54) is 12.1 Å². The van der Waals surface area contributed by atoms with Crippen molar-refractivity contribution in [3.8, 4) is 16.9 Å². The van der Waals surface area contributed by atoms with E-state index in [1.54, 1.807) is 50.2 Å². The van der Waals surface area contributed by atoms with Crippen molar-refractivity contribution in [3.63, 3.8) is 0 Å². The minimum Gasteiger partial charge on any atom is -0.505 e. The van der Waals surface area contributed by atoms with Gasteiger partial charge in [-0.2, -0.15) is 5.10 Å². The molecule has 0 spiro atoms. The maximum absolute atomic E-state index is 12.9. The van der Waals surface area contributed by atoms with Gasteiger partial charge < -0.3 is 15.5 Å². The number of rotatable bonds is 8. The number of hydrogen-bond donors (Lipinski definition) is 3. The molecule has 3 N–H and O–H groups in total. The maximum Gasteiger partial charge on any atom is 0.322 e. The first-order valence-electron chi connectivity index (χ1n) is 10.3. The molecule has 1 aromatic heterocycles. The summed E-state index contributed by atoms with van der Waals surface area (Å²) < 4.78 is 1.05. The number of amides is 1. The smallest absolute Gasteiger partial charge is 0.322 e. The summed E-state index contributed by atoms with van der Waals surface area (Å²) in [5.74, 6) is -3.19. The van der Waals surface area contributed by atoms with E-state index in [2.05, 4.69) is 10.4 Å². The molecule has 0 aliphatic heterocycles. The molecule has 0 aliphatic rings. The number of aromatic nitrogens is 2. The van der Waals surface area contributed by atoms with Gasteiger partial charge in [0.25, 0.3) is 17.2 Å². The highest BCUT2D eigenvalue weighted by Gasteiger charge is 2.24. The van der Waals surface area contributed by atoms with Gasteiger partial charge in [-0.05, 0) is 28.8 Å². The van der Waals surface area contributed by atoms with Crippen LogP contribution in [0.4, 0.5) is 5.69 Å². The second kappa shape index (κ2) is 9.94. The van der Waals surface area contributed by atoms with Gasteiger partial charge in [0.2, 0.25) is 0 Å². The van der Waals surface area contributed by atoms with Crippen molar-refractivity contribution in [2.24, 2.45) is 0 Å². The van der Waals surface area contributed by atoms with Gasteiger partial charge in [-0.1, -0.05) is 38.1 Å². The second-order valence-electron chi connectivity index (χ2n) is 7.80. The van der Waals surface area contributed by atoms with Gasteiger partial charge >= 0.3 is 5.97 Å². The fourth-order valence-corrected chi connectivity index (χ4v) is 3.28. The van der Waals surface area contributed by atoms with Crippen molar-refractivity contribution < 1.29 is 24.7 Å². The van der Waals surface area contributed by atoms with Crippen molar-refractivity contribution in [1.82, 2.24) is 15.1 Å². The number of carboxylic acid groups (broad SMARTS) is 1. The summed E-state index contributed by atoms with van der Waals surface area (Å²) >= 11 is 0. The fourth-order valence-electron chi connectivity index (χ4n) is 3.28. The molecule has 0 bridgehead atoms. The number of nitro groups is 1. The summed E-state index contributed by atoms with van der Waals surface area (Å²) in [4.78, 5) is 46.4. The Morgan fingerprint density at radius 3 is 2.15 bits per heavy atom. The average Bonchev–Trinajstić information content (AvgIpc) is 2.80. The first-order chi connectivity index (χ1) is 16.1. The SMILES string of the molecule is CC(C)c1nn(Cc2ccc(-c3ccc([N+](=O)[O-])cc3)cc2)c(=O)c(C(=O)NCC(=O)O)c1O. The van der Waals surface area contributed by atoms with E-state index in [-0.39, 0.29) is 23.8 Å². The Labute approximate surface area is 193 Å². The molecule has 3 rings (SSSR count). The Hall–Kier alpha value is -4.54. The summed E-state index contributed by atoms with van der Waals surface area (Å²) in [5.41, 5.74) is 0.951. The van der Waals surface area contributed by atoms with E-state index in [4.69, 9.17) is 5.11 Å². The number of non-ortho nitro benzene ring substituents is 1. The van der Waals surface area contributed by atoms with Crippen molar-refractivity contribution in [2.75, 3.05) is 6.54 Å². The lowest BCUT2D eigenvalue weighted by molar-refractivity contribution is -0.384. The number of aromatic hydroxyl groups is 1. The normalized spacial score (nSPS) is 10.8. The van der Waals surface area contributed by atoms with Crippen molar-refractivity contribution >= 4 is 17.6 Å². The lowest BCUT2D eigenvalue weighted by atomic mass is 10.0. The molecule has 11 nitrogen and oxygen atoms in total. The third kappa shape index (κ3) is 5.26. The van der Waals surface area contributed by atoms with Crippen LogP contribution >= 0.6 is 0 Å². The Morgan fingerprint density at radius 2 is 1.65 bits per heavy atom. The zero-order valence-electron chi connectivity index (χ0n) is 18.4. The maximum atomic E-state index is 12.9. The van der Waals surface area contributed by atoms with E-state index in [0.29, 0.717) is 5.56 Å². The van der Waals surface area contributed by atoms with E-state index in [9.17, 15) is 29.6 Å². The zero-order chi connectivity index (χ0) is 25.0. The highest BCUT2D eigenvalue weighted by Crippen LogP contribution is 2.26. The molecule has 0 aliphatic carbocycles. The van der Waals surface area contributed by atoms with Crippen LogP contribution in [-0.2, 0) is 11.3 Å². The molecular formula is C23H22N4O7. The van der Waals surface area contributed by atoms with Gasteiger partial charge in [-0.25, -0.2) is 4.68 Å². The molecule has 0 unspecified atom stereocenters. The highest BCUT2D eigenvalue weighted by atomic mass is 16.6. The van der Waals surface area contributed by atoms with E-state index in [1.807, 2.05) is 0 Å².